The molecule has 0 aliphatic rings. The number of aliphatic hydroxyl groups is 1. The topological polar surface area (TPSA) is 122 Å². The van der Waals surface area contributed by atoms with Gasteiger partial charge in [-0.15, -0.1) is 0 Å². The number of hydrogen-bond acceptors (Lipinski definition) is 6. The predicted molar refractivity (Wildman–Crippen MR) is 57.8 cm³/mol. The summed E-state index contributed by atoms with van der Waals surface area (Å²) >= 11 is 0. The van der Waals surface area contributed by atoms with E-state index in [1.807, 2.05) is 0 Å². The minimum Gasteiger partial charge on any atom is -0.479 e. The molecule has 0 saturated heterocycles. The number of carboxylic acids is 1. The minimum absolute atomic E-state index is 0.0109. The number of rotatable bonds is 6. The van der Waals surface area contributed by atoms with Crippen molar-refractivity contribution in [1.29, 1.82) is 0 Å². The first-order chi connectivity index (χ1) is 8.36. The zero-order valence-electron chi connectivity index (χ0n) is 9.97. The summed E-state index contributed by atoms with van der Waals surface area (Å²) in [6.45, 7) is 0.815. The van der Waals surface area contributed by atoms with Gasteiger partial charge >= 0.3 is 5.97 Å². The van der Waals surface area contributed by atoms with Crippen LogP contribution >= 0.6 is 0 Å². The monoisotopic (exact) mass is 258 g/mol. The van der Waals surface area contributed by atoms with Crippen LogP contribution in [0.5, 0.6) is 0 Å². The Kier molecular flexibility index (Phi) is 4.40. The maximum Gasteiger partial charge on any atom is 0.337 e. The van der Waals surface area contributed by atoms with Crippen LogP contribution in [-0.2, 0) is 16.1 Å². The second-order valence-electron chi connectivity index (χ2n) is 3.87. The molecule has 0 aliphatic heterocycles. The molecule has 1 atom stereocenters. The summed E-state index contributed by atoms with van der Waals surface area (Å²) in [6, 6.07) is 1.37. The standard InChI is InChI=1S/C10H14N2O6/c1-10(16,9(14)15)5-11-8(13)7-3-6(4-17-2)18-12-7/h3,16H,4-5H2,1-2H3,(H,11,13)(H,14,15). The molecule has 1 amide bonds. The molecule has 3 N–H and O–H groups in total. The number of aliphatic carboxylic acids is 1. The van der Waals surface area contributed by atoms with E-state index in [9.17, 15) is 14.7 Å². The van der Waals surface area contributed by atoms with Gasteiger partial charge in [-0.1, -0.05) is 5.16 Å². The molecule has 0 bridgehead atoms. The normalized spacial score (nSPS) is 13.9. The van der Waals surface area contributed by atoms with Gasteiger partial charge < -0.3 is 24.8 Å². The van der Waals surface area contributed by atoms with E-state index in [1.165, 1.54) is 13.2 Å². The molecule has 0 aromatic carbocycles. The lowest BCUT2D eigenvalue weighted by molar-refractivity contribution is -0.155. The number of carbonyl (C=O) groups is 2. The van der Waals surface area contributed by atoms with E-state index >= 15 is 0 Å². The van der Waals surface area contributed by atoms with Gasteiger partial charge in [-0.3, -0.25) is 4.79 Å². The van der Waals surface area contributed by atoms with Crippen molar-refractivity contribution < 1.29 is 29.1 Å². The zero-order chi connectivity index (χ0) is 13.8. The van der Waals surface area contributed by atoms with E-state index < -0.39 is 24.0 Å². The van der Waals surface area contributed by atoms with Crippen molar-refractivity contribution in [1.82, 2.24) is 10.5 Å². The van der Waals surface area contributed by atoms with Crippen LogP contribution in [-0.4, -0.2) is 46.5 Å². The summed E-state index contributed by atoms with van der Waals surface area (Å²) in [6.07, 6.45) is 0. The molecule has 8 heteroatoms. The first-order valence-electron chi connectivity index (χ1n) is 5.05. The van der Waals surface area contributed by atoms with Gasteiger partial charge in [0.1, 0.15) is 6.61 Å². The first kappa shape index (κ1) is 14.1. The van der Waals surface area contributed by atoms with Crippen LogP contribution in [0.4, 0.5) is 0 Å². The van der Waals surface area contributed by atoms with Gasteiger partial charge in [-0.05, 0) is 6.92 Å². The van der Waals surface area contributed by atoms with Crippen LogP contribution in [0.3, 0.4) is 0 Å². The number of methoxy groups -OCH3 is 1. The van der Waals surface area contributed by atoms with Crippen molar-refractivity contribution >= 4 is 11.9 Å². The Morgan fingerprint density at radius 1 is 1.61 bits per heavy atom. The van der Waals surface area contributed by atoms with E-state index in [-0.39, 0.29) is 12.3 Å². The lowest BCUT2D eigenvalue weighted by Crippen LogP contribution is -2.46. The van der Waals surface area contributed by atoms with Crippen molar-refractivity contribution in [3.63, 3.8) is 0 Å². The van der Waals surface area contributed by atoms with Gasteiger partial charge in [0.15, 0.2) is 17.1 Å². The smallest absolute Gasteiger partial charge is 0.337 e. The summed E-state index contributed by atoms with van der Waals surface area (Å²) < 4.78 is 9.57. The predicted octanol–water partition coefficient (Wildman–Crippen LogP) is -0.614. The van der Waals surface area contributed by atoms with Crippen LogP contribution in [0.25, 0.3) is 0 Å². The fourth-order valence-corrected chi connectivity index (χ4v) is 1.05. The molecule has 0 saturated carbocycles. The SMILES string of the molecule is COCc1cc(C(=O)NCC(C)(O)C(=O)O)no1. The van der Waals surface area contributed by atoms with Crippen molar-refractivity contribution in [2.75, 3.05) is 13.7 Å². The quantitative estimate of drug-likeness (QED) is 0.621. The molecular weight excluding hydrogens is 244 g/mol. The van der Waals surface area contributed by atoms with Gasteiger partial charge in [-0.25, -0.2) is 4.79 Å². The Bertz CT molecular complexity index is 439. The number of nitrogens with one attached hydrogen (secondary N) is 1. The molecule has 0 spiro atoms. The molecule has 8 nitrogen and oxygen atoms in total. The summed E-state index contributed by atoms with van der Waals surface area (Å²) in [5, 5.41) is 23.8. The zero-order valence-corrected chi connectivity index (χ0v) is 9.97. The largest absolute Gasteiger partial charge is 0.479 e. The summed E-state index contributed by atoms with van der Waals surface area (Å²) in [4.78, 5) is 22.2. The molecule has 0 aliphatic carbocycles. The maximum absolute atomic E-state index is 11.6. The third kappa shape index (κ3) is 3.54. The van der Waals surface area contributed by atoms with Crippen LogP contribution < -0.4 is 5.32 Å². The number of aromatic nitrogens is 1. The summed E-state index contributed by atoms with van der Waals surface area (Å²) in [5.41, 5.74) is -2.04. The number of amides is 1. The Hall–Kier alpha value is -1.93. The fourth-order valence-electron chi connectivity index (χ4n) is 1.05. The molecule has 1 unspecified atom stereocenters. The number of hydrogen-bond donors (Lipinski definition) is 3. The van der Waals surface area contributed by atoms with Gasteiger partial charge in [-0.2, -0.15) is 0 Å². The Morgan fingerprint density at radius 3 is 2.83 bits per heavy atom. The van der Waals surface area contributed by atoms with Gasteiger partial charge in [0.05, 0.1) is 6.54 Å². The molecule has 0 radical (unpaired) electrons. The highest BCUT2D eigenvalue weighted by Gasteiger charge is 2.30. The summed E-state index contributed by atoms with van der Waals surface area (Å²) in [7, 11) is 1.46. The highest BCUT2D eigenvalue weighted by Crippen LogP contribution is 2.06. The van der Waals surface area contributed by atoms with E-state index in [0.29, 0.717) is 5.76 Å². The van der Waals surface area contributed by atoms with Crippen LogP contribution in [0.1, 0.15) is 23.2 Å². The van der Waals surface area contributed by atoms with Crippen molar-refractivity contribution in [3.8, 4) is 0 Å². The lowest BCUT2D eigenvalue weighted by atomic mass is 10.1. The van der Waals surface area contributed by atoms with Crippen molar-refractivity contribution in [2.24, 2.45) is 0 Å². The number of ether oxygens (including phenoxy) is 1. The lowest BCUT2D eigenvalue weighted by Gasteiger charge is -2.17. The van der Waals surface area contributed by atoms with E-state index in [2.05, 4.69) is 10.5 Å². The van der Waals surface area contributed by atoms with E-state index in [4.69, 9.17) is 14.4 Å². The summed E-state index contributed by atoms with van der Waals surface area (Å²) in [5.74, 6) is -1.70. The van der Waals surface area contributed by atoms with Crippen molar-refractivity contribution in [3.05, 3.63) is 17.5 Å². The third-order valence-electron chi connectivity index (χ3n) is 2.13. The molecule has 1 aromatic rings. The number of carbonyl (C=O) groups excluding carboxylic acids is 1. The molecule has 1 heterocycles. The van der Waals surface area contributed by atoms with Crippen LogP contribution in [0.2, 0.25) is 0 Å². The maximum atomic E-state index is 11.6. The van der Waals surface area contributed by atoms with E-state index in [1.54, 1.807) is 0 Å². The minimum atomic E-state index is -2.03. The van der Waals surface area contributed by atoms with Gasteiger partial charge in [0, 0.05) is 13.2 Å². The Balaban J connectivity index is 2.57. The highest BCUT2D eigenvalue weighted by atomic mass is 16.5. The molecule has 1 rings (SSSR count). The van der Waals surface area contributed by atoms with Gasteiger partial charge in [0.25, 0.3) is 5.91 Å². The number of carboxylic acid groups (broad SMARTS) is 1. The fraction of sp³-hybridized carbons (Fsp3) is 0.500. The molecule has 100 valence electrons. The average molecular weight is 258 g/mol. The average Bonchev–Trinajstić information content (AvgIpc) is 2.75. The van der Waals surface area contributed by atoms with Crippen LogP contribution in [0, 0.1) is 0 Å². The van der Waals surface area contributed by atoms with E-state index in [0.717, 1.165) is 6.92 Å². The molecule has 18 heavy (non-hydrogen) atoms. The molecule has 0 fully saturated rings. The Morgan fingerprint density at radius 2 is 2.28 bits per heavy atom. The van der Waals surface area contributed by atoms with Crippen molar-refractivity contribution in [2.45, 2.75) is 19.1 Å². The Labute approximate surface area is 103 Å². The third-order valence-corrected chi connectivity index (χ3v) is 2.13. The van der Waals surface area contributed by atoms with Gasteiger partial charge in [0.2, 0.25) is 0 Å². The first-order valence-corrected chi connectivity index (χ1v) is 5.05. The second kappa shape index (κ2) is 5.61. The van der Waals surface area contributed by atoms with Crippen LogP contribution in [0.15, 0.2) is 10.6 Å². The second-order valence-corrected chi connectivity index (χ2v) is 3.87. The highest BCUT2D eigenvalue weighted by molar-refractivity contribution is 5.92. The number of nitrogens with zero attached hydrogens (tertiary/aromatic N) is 1. The molecule has 1 aromatic heterocycles. The molecular formula is C10H14N2O6.